The number of fused-ring (bicyclic) bond motifs is 1. The normalized spacial score (nSPS) is 17.8. The molecule has 2 aromatic rings. The first-order valence-electron chi connectivity index (χ1n) is 7.13. The second-order valence-electron chi connectivity index (χ2n) is 5.14. The summed E-state index contributed by atoms with van der Waals surface area (Å²) < 4.78 is 5.80. The summed E-state index contributed by atoms with van der Waals surface area (Å²) >= 11 is 1.68. The number of hydrogen-bond acceptors (Lipinski definition) is 4. The first-order chi connectivity index (χ1) is 9.76. The van der Waals surface area contributed by atoms with Crippen LogP contribution in [0.25, 0.3) is 0 Å². The minimum Gasteiger partial charge on any atom is -0.487 e. The monoisotopic (exact) mass is 289 g/mol. The van der Waals surface area contributed by atoms with Gasteiger partial charge in [0, 0.05) is 5.38 Å². The number of ether oxygens (including phenoxy) is 1. The summed E-state index contributed by atoms with van der Waals surface area (Å²) in [6, 6.07) is 6.04. The van der Waals surface area contributed by atoms with Gasteiger partial charge in [-0.3, -0.25) is 0 Å². The van der Waals surface area contributed by atoms with Crippen LogP contribution in [-0.4, -0.2) is 10.1 Å². The molecule has 1 aliphatic rings. The van der Waals surface area contributed by atoms with Gasteiger partial charge >= 0.3 is 0 Å². The van der Waals surface area contributed by atoms with Gasteiger partial charge in [-0.2, -0.15) is 0 Å². The maximum absolute atomic E-state index is 10.0. The van der Waals surface area contributed by atoms with Crippen LogP contribution < -0.4 is 4.74 Å². The van der Waals surface area contributed by atoms with Crippen LogP contribution in [0.3, 0.4) is 0 Å². The van der Waals surface area contributed by atoms with Crippen molar-refractivity contribution in [2.45, 2.75) is 45.3 Å². The van der Waals surface area contributed by atoms with Gasteiger partial charge in [0.25, 0.3) is 0 Å². The molecule has 0 bridgehead atoms. The van der Waals surface area contributed by atoms with Crippen LogP contribution in [0.1, 0.15) is 47.7 Å². The highest BCUT2D eigenvalue weighted by atomic mass is 32.1. The summed E-state index contributed by atoms with van der Waals surface area (Å²) in [7, 11) is 0. The van der Waals surface area contributed by atoms with Crippen LogP contribution in [-0.2, 0) is 19.4 Å². The third kappa shape index (κ3) is 2.86. The predicted octanol–water partition coefficient (Wildman–Crippen LogP) is 3.65. The molecule has 1 N–H and O–H groups in total. The largest absolute Gasteiger partial charge is 0.487 e. The van der Waals surface area contributed by atoms with Gasteiger partial charge < -0.3 is 9.84 Å². The van der Waals surface area contributed by atoms with Gasteiger partial charge in [-0.25, -0.2) is 4.98 Å². The highest BCUT2D eigenvalue weighted by Crippen LogP contribution is 2.32. The Kier molecular flexibility index (Phi) is 4.03. The van der Waals surface area contributed by atoms with Gasteiger partial charge in [-0.05, 0) is 48.9 Å². The average molecular weight is 289 g/mol. The summed E-state index contributed by atoms with van der Waals surface area (Å²) in [4.78, 5) is 4.49. The van der Waals surface area contributed by atoms with Crippen molar-refractivity contribution in [3.63, 3.8) is 0 Å². The van der Waals surface area contributed by atoms with E-state index in [1.165, 1.54) is 5.56 Å². The Morgan fingerprint density at radius 1 is 1.45 bits per heavy atom. The van der Waals surface area contributed by atoms with Gasteiger partial charge in [-0.15, -0.1) is 11.3 Å². The lowest BCUT2D eigenvalue weighted by Gasteiger charge is -2.21. The molecule has 0 radical (unpaired) electrons. The molecule has 106 valence electrons. The van der Waals surface area contributed by atoms with Crippen molar-refractivity contribution in [1.82, 2.24) is 4.98 Å². The molecule has 0 amide bonds. The summed E-state index contributed by atoms with van der Waals surface area (Å²) in [6.07, 6.45) is 3.59. The number of rotatable bonds is 4. The van der Waals surface area contributed by atoms with E-state index in [0.29, 0.717) is 6.61 Å². The van der Waals surface area contributed by atoms with E-state index in [9.17, 15) is 5.11 Å². The van der Waals surface area contributed by atoms with Crippen LogP contribution in [0.4, 0.5) is 0 Å². The molecule has 1 heterocycles. The molecule has 20 heavy (non-hydrogen) atoms. The fourth-order valence-corrected chi connectivity index (χ4v) is 3.31. The number of aryl methyl sites for hydroxylation is 2. The lowest BCUT2D eigenvalue weighted by atomic mass is 9.89. The Hall–Kier alpha value is -1.39. The van der Waals surface area contributed by atoms with E-state index >= 15 is 0 Å². The SMILES string of the molecule is CCc1nc(COc2ccc3c(c2)[C@@H](O)CCC3)cs1. The fraction of sp³-hybridized carbons (Fsp3) is 0.438. The van der Waals surface area contributed by atoms with Crippen molar-refractivity contribution in [3.8, 4) is 5.75 Å². The van der Waals surface area contributed by atoms with Crippen molar-refractivity contribution in [2.24, 2.45) is 0 Å². The number of thiazole rings is 1. The van der Waals surface area contributed by atoms with Gasteiger partial charge in [0.15, 0.2) is 0 Å². The topological polar surface area (TPSA) is 42.4 Å². The van der Waals surface area contributed by atoms with Crippen LogP contribution in [0.15, 0.2) is 23.6 Å². The van der Waals surface area contributed by atoms with Crippen LogP contribution in [0.5, 0.6) is 5.75 Å². The van der Waals surface area contributed by atoms with Gasteiger partial charge in [0.2, 0.25) is 0 Å². The number of aliphatic hydroxyl groups is 1. The number of aromatic nitrogens is 1. The maximum atomic E-state index is 10.0. The molecule has 1 aromatic carbocycles. The standard InChI is InChI=1S/C16H19NO2S/c1-2-16-17-12(10-20-16)9-19-13-7-6-11-4-3-5-15(18)14(11)8-13/h6-8,10,15,18H,2-5,9H2,1H3/t15-/m0/s1. The molecule has 0 saturated carbocycles. The van der Waals surface area contributed by atoms with E-state index in [0.717, 1.165) is 47.7 Å². The van der Waals surface area contributed by atoms with Crippen molar-refractivity contribution >= 4 is 11.3 Å². The zero-order valence-corrected chi connectivity index (χ0v) is 12.4. The smallest absolute Gasteiger partial charge is 0.131 e. The van der Waals surface area contributed by atoms with E-state index in [4.69, 9.17) is 4.74 Å². The number of aliphatic hydroxyl groups excluding tert-OH is 1. The van der Waals surface area contributed by atoms with Crippen molar-refractivity contribution in [2.75, 3.05) is 0 Å². The van der Waals surface area contributed by atoms with Crippen LogP contribution >= 0.6 is 11.3 Å². The van der Waals surface area contributed by atoms with E-state index in [1.54, 1.807) is 11.3 Å². The first-order valence-corrected chi connectivity index (χ1v) is 8.01. The van der Waals surface area contributed by atoms with E-state index in [1.807, 2.05) is 17.5 Å². The average Bonchev–Trinajstić information content (AvgIpc) is 2.94. The van der Waals surface area contributed by atoms with Gasteiger partial charge in [0.05, 0.1) is 16.8 Å². The predicted molar refractivity (Wildman–Crippen MR) is 80.2 cm³/mol. The molecule has 0 fully saturated rings. The fourth-order valence-electron chi connectivity index (χ4n) is 2.58. The van der Waals surface area contributed by atoms with Gasteiger partial charge in [0.1, 0.15) is 12.4 Å². The molecule has 0 spiro atoms. The summed E-state index contributed by atoms with van der Waals surface area (Å²) in [5.41, 5.74) is 3.25. The Balaban J connectivity index is 1.70. The second-order valence-corrected chi connectivity index (χ2v) is 6.09. The van der Waals surface area contributed by atoms with Crippen LogP contribution in [0.2, 0.25) is 0 Å². The summed E-state index contributed by atoms with van der Waals surface area (Å²) in [6.45, 7) is 2.60. The molecular weight excluding hydrogens is 270 g/mol. The molecule has 3 nitrogen and oxygen atoms in total. The van der Waals surface area contributed by atoms with Gasteiger partial charge in [-0.1, -0.05) is 13.0 Å². The van der Waals surface area contributed by atoms with Crippen molar-refractivity contribution in [1.29, 1.82) is 0 Å². The zero-order chi connectivity index (χ0) is 13.9. The molecule has 0 unspecified atom stereocenters. The Morgan fingerprint density at radius 2 is 2.35 bits per heavy atom. The van der Waals surface area contributed by atoms with Crippen LogP contribution in [0, 0.1) is 0 Å². The molecule has 1 aromatic heterocycles. The number of hydrogen-bond donors (Lipinski definition) is 1. The van der Waals surface area contributed by atoms with Crippen molar-refractivity contribution in [3.05, 3.63) is 45.4 Å². The molecule has 3 rings (SSSR count). The Labute approximate surface area is 123 Å². The Morgan fingerprint density at radius 3 is 3.15 bits per heavy atom. The number of benzene rings is 1. The zero-order valence-electron chi connectivity index (χ0n) is 11.6. The van der Waals surface area contributed by atoms with E-state index < -0.39 is 0 Å². The quantitative estimate of drug-likeness (QED) is 0.934. The lowest BCUT2D eigenvalue weighted by molar-refractivity contribution is 0.156. The van der Waals surface area contributed by atoms with E-state index in [2.05, 4.69) is 18.0 Å². The highest BCUT2D eigenvalue weighted by Gasteiger charge is 2.18. The minimum absolute atomic E-state index is 0.340. The molecule has 1 aliphatic carbocycles. The lowest BCUT2D eigenvalue weighted by Crippen LogP contribution is -2.09. The maximum Gasteiger partial charge on any atom is 0.131 e. The minimum atomic E-state index is -0.340. The molecule has 0 saturated heterocycles. The number of nitrogens with zero attached hydrogens (tertiary/aromatic N) is 1. The summed E-state index contributed by atoms with van der Waals surface area (Å²) in [5, 5.41) is 13.2. The molecular formula is C16H19NO2S. The molecule has 4 heteroatoms. The third-order valence-electron chi connectivity index (χ3n) is 3.69. The molecule has 0 aliphatic heterocycles. The second kappa shape index (κ2) is 5.94. The summed E-state index contributed by atoms with van der Waals surface area (Å²) in [5.74, 6) is 0.816. The van der Waals surface area contributed by atoms with Crippen molar-refractivity contribution < 1.29 is 9.84 Å². The highest BCUT2D eigenvalue weighted by molar-refractivity contribution is 7.09. The Bertz CT molecular complexity index is 594. The first kappa shape index (κ1) is 13.6. The molecule has 1 atom stereocenters. The third-order valence-corrected chi connectivity index (χ3v) is 4.73. The van der Waals surface area contributed by atoms with E-state index in [-0.39, 0.29) is 6.10 Å².